The van der Waals surface area contributed by atoms with Crippen LogP contribution in [0.2, 0.25) is 5.02 Å². The Morgan fingerprint density at radius 3 is 2.48 bits per heavy atom. The zero-order valence-electron chi connectivity index (χ0n) is 16.1. The predicted octanol–water partition coefficient (Wildman–Crippen LogP) is 4.53. The standard InChI is InChI=1S/C20H20ClN3O3S2/c1-4-13-5-7-14(8-6-13)17-12-28-20(22-17)23-19(25)15-9-10-16(21)18(11-15)29(26,27)24(2)3/h5-12H,4H2,1-3H3,(H,22,23,25). The topological polar surface area (TPSA) is 79.4 Å². The highest BCUT2D eigenvalue weighted by Gasteiger charge is 2.22. The number of benzene rings is 2. The summed E-state index contributed by atoms with van der Waals surface area (Å²) in [7, 11) is -0.955. The maximum Gasteiger partial charge on any atom is 0.257 e. The minimum Gasteiger partial charge on any atom is -0.298 e. The second kappa shape index (κ2) is 8.62. The molecule has 2 aromatic carbocycles. The van der Waals surface area contributed by atoms with Gasteiger partial charge in [-0.3, -0.25) is 10.1 Å². The molecule has 29 heavy (non-hydrogen) atoms. The van der Waals surface area contributed by atoms with Gasteiger partial charge in [-0.05, 0) is 30.2 Å². The van der Waals surface area contributed by atoms with E-state index in [9.17, 15) is 13.2 Å². The van der Waals surface area contributed by atoms with E-state index in [1.54, 1.807) is 0 Å². The van der Waals surface area contributed by atoms with Crippen molar-refractivity contribution in [3.63, 3.8) is 0 Å². The lowest BCUT2D eigenvalue weighted by Gasteiger charge is -2.13. The lowest BCUT2D eigenvalue weighted by atomic mass is 10.1. The number of hydrogen-bond acceptors (Lipinski definition) is 5. The van der Waals surface area contributed by atoms with E-state index >= 15 is 0 Å². The summed E-state index contributed by atoms with van der Waals surface area (Å²) in [5.41, 5.74) is 3.15. The van der Waals surface area contributed by atoms with Gasteiger partial charge < -0.3 is 0 Å². The number of anilines is 1. The van der Waals surface area contributed by atoms with Crippen LogP contribution in [-0.4, -0.2) is 37.7 Å². The first-order chi connectivity index (χ1) is 13.7. The van der Waals surface area contributed by atoms with Crippen molar-refractivity contribution in [1.29, 1.82) is 0 Å². The molecule has 1 heterocycles. The molecule has 1 amide bonds. The zero-order valence-corrected chi connectivity index (χ0v) is 18.5. The first-order valence-corrected chi connectivity index (χ1v) is 11.5. The highest BCUT2D eigenvalue weighted by molar-refractivity contribution is 7.89. The van der Waals surface area contributed by atoms with Gasteiger partial charge in [0.25, 0.3) is 5.91 Å². The van der Waals surface area contributed by atoms with Crippen LogP contribution in [0.3, 0.4) is 0 Å². The van der Waals surface area contributed by atoms with Gasteiger partial charge in [0.05, 0.1) is 10.7 Å². The van der Waals surface area contributed by atoms with Crippen LogP contribution in [0.25, 0.3) is 11.3 Å². The average Bonchev–Trinajstić information content (AvgIpc) is 3.16. The van der Waals surface area contributed by atoms with E-state index < -0.39 is 15.9 Å². The molecule has 0 atom stereocenters. The molecule has 3 rings (SSSR count). The lowest BCUT2D eigenvalue weighted by Crippen LogP contribution is -2.23. The molecule has 0 aliphatic heterocycles. The first-order valence-electron chi connectivity index (χ1n) is 8.80. The number of halogens is 1. The Kier molecular flexibility index (Phi) is 6.38. The highest BCUT2D eigenvalue weighted by atomic mass is 35.5. The molecule has 9 heteroatoms. The average molecular weight is 450 g/mol. The Morgan fingerprint density at radius 2 is 1.86 bits per heavy atom. The Hall–Kier alpha value is -2.26. The number of nitrogens with one attached hydrogen (secondary N) is 1. The number of rotatable bonds is 6. The van der Waals surface area contributed by atoms with Gasteiger partial charge in [-0.2, -0.15) is 0 Å². The van der Waals surface area contributed by atoms with Crippen LogP contribution in [0, 0.1) is 0 Å². The fourth-order valence-electron chi connectivity index (χ4n) is 2.58. The van der Waals surface area contributed by atoms with Crippen LogP contribution in [0.15, 0.2) is 52.7 Å². The van der Waals surface area contributed by atoms with Crippen molar-refractivity contribution < 1.29 is 13.2 Å². The van der Waals surface area contributed by atoms with Crippen molar-refractivity contribution >= 4 is 44.0 Å². The van der Waals surface area contributed by atoms with Crippen molar-refractivity contribution in [2.45, 2.75) is 18.2 Å². The summed E-state index contributed by atoms with van der Waals surface area (Å²) < 4.78 is 25.8. The number of aromatic nitrogens is 1. The second-order valence-corrected chi connectivity index (χ2v) is 9.86. The molecule has 0 spiro atoms. The Morgan fingerprint density at radius 1 is 1.17 bits per heavy atom. The van der Waals surface area contributed by atoms with Crippen LogP contribution >= 0.6 is 22.9 Å². The normalized spacial score (nSPS) is 11.6. The molecule has 0 unspecified atom stereocenters. The number of nitrogens with zero attached hydrogens (tertiary/aromatic N) is 2. The number of amides is 1. The molecule has 0 radical (unpaired) electrons. The molecule has 1 N–H and O–H groups in total. The smallest absolute Gasteiger partial charge is 0.257 e. The monoisotopic (exact) mass is 449 g/mol. The Labute approximate surface area is 179 Å². The van der Waals surface area contributed by atoms with Crippen LogP contribution in [0.1, 0.15) is 22.8 Å². The van der Waals surface area contributed by atoms with Gasteiger partial charge in [-0.25, -0.2) is 17.7 Å². The van der Waals surface area contributed by atoms with Crippen LogP contribution < -0.4 is 5.32 Å². The van der Waals surface area contributed by atoms with Crippen molar-refractivity contribution in [2.24, 2.45) is 0 Å². The van der Waals surface area contributed by atoms with Gasteiger partial charge in [-0.15, -0.1) is 11.3 Å². The Balaban J connectivity index is 1.81. The summed E-state index contributed by atoms with van der Waals surface area (Å²) in [5.74, 6) is -0.459. The lowest BCUT2D eigenvalue weighted by molar-refractivity contribution is 0.102. The number of sulfonamides is 1. The third kappa shape index (κ3) is 4.67. The number of aryl methyl sites for hydroxylation is 1. The summed E-state index contributed by atoms with van der Waals surface area (Å²) in [6, 6.07) is 12.2. The van der Waals surface area contributed by atoms with Crippen LogP contribution in [0.4, 0.5) is 5.13 Å². The van der Waals surface area contributed by atoms with Crippen molar-refractivity contribution in [3.05, 3.63) is 64.0 Å². The molecule has 0 bridgehead atoms. The van der Waals surface area contributed by atoms with E-state index in [0.29, 0.717) is 5.13 Å². The van der Waals surface area contributed by atoms with E-state index in [-0.39, 0.29) is 15.5 Å². The molecule has 3 aromatic rings. The molecule has 6 nitrogen and oxygen atoms in total. The summed E-state index contributed by atoms with van der Waals surface area (Å²) in [5, 5.41) is 5.06. The van der Waals surface area contributed by atoms with E-state index in [1.165, 1.54) is 49.2 Å². The van der Waals surface area contributed by atoms with Gasteiger partial charge in [0.1, 0.15) is 4.90 Å². The zero-order chi connectivity index (χ0) is 21.2. The van der Waals surface area contributed by atoms with E-state index in [4.69, 9.17) is 11.6 Å². The molecular weight excluding hydrogens is 430 g/mol. The van der Waals surface area contributed by atoms with Gasteiger partial charge >= 0.3 is 0 Å². The van der Waals surface area contributed by atoms with Crippen LogP contribution in [0.5, 0.6) is 0 Å². The summed E-state index contributed by atoms with van der Waals surface area (Å²) in [4.78, 5) is 16.9. The molecule has 152 valence electrons. The SMILES string of the molecule is CCc1ccc(-c2csc(NC(=O)c3ccc(Cl)c(S(=O)(=O)N(C)C)c3)n2)cc1. The first kappa shape index (κ1) is 21.4. The van der Waals surface area contributed by atoms with E-state index in [2.05, 4.69) is 17.2 Å². The summed E-state index contributed by atoms with van der Waals surface area (Å²) in [6.45, 7) is 2.09. The molecular formula is C20H20ClN3O3S2. The maximum absolute atomic E-state index is 12.6. The largest absolute Gasteiger partial charge is 0.298 e. The van der Waals surface area contributed by atoms with Gasteiger partial charge in [0.15, 0.2) is 5.13 Å². The fourth-order valence-corrected chi connectivity index (χ4v) is 4.69. The van der Waals surface area contributed by atoms with Crippen LogP contribution in [-0.2, 0) is 16.4 Å². The minimum absolute atomic E-state index is 0.0577. The van der Waals surface area contributed by atoms with Gasteiger partial charge in [0, 0.05) is 30.6 Å². The summed E-state index contributed by atoms with van der Waals surface area (Å²) >= 11 is 7.33. The maximum atomic E-state index is 12.6. The van der Waals surface area contributed by atoms with Crippen molar-refractivity contribution in [2.75, 3.05) is 19.4 Å². The van der Waals surface area contributed by atoms with Gasteiger partial charge in [0.2, 0.25) is 10.0 Å². The highest BCUT2D eigenvalue weighted by Crippen LogP contribution is 2.27. The third-order valence-electron chi connectivity index (χ3n) is 4.33. The number of carbonyl (C=O) groups is 1. The molecule has 0 saturated heterocycles. The predicted molar refractivity (Wildman–Crippen MR) is 117 cm³/mol. The number of carbonyl (C=O) groups excluding carboxylic acids is 1. The summed E-state index contributed by atoms with van der Waals surface area (Å²) in [6.07, 6.45) is 0.964. The fraction of sp³-hybridized carbons (Fsp3) is 0.200. The number of thiazole rings is 1. The molecule has 0 aliphatic rings. The molecule has 0 fully saturated rings. The molecule has 0 aliphatic carbocycles. The third-order valence-corrected chi connectivity index (χ3v) is 7.39. The van der Waals surface area contributed by atoms with E-state index in [0.717, 1.165) is 22.0 Å². The Bertz CT molecular complexity index is 1140. The van der Waals surface area contributed by atoms with E-state index in [1.807, 2.05) is 29.6 Å². The number of hydrogen-bond donors (Lipinski definition) is 1. The quantitative estimate of drug-likeness (QED) is 0.599. The molecule has 1 aromatic heterocycles. The van der Waals surface area contributed by atoms with Gasteiger partial charge in [-0.1, -0.05) is 42.8 Å². The minimum atomic E-state index is -3.77. The van der Waals surface area contributed by atoms with Crippen molar-refractivity contribution in [3.8, 4) is 11.3 Å². The molecule has 0 saturated carbocycles. The van der Waals surface area contributed by atoms with Crippen molar-refractivity contribution in [1.82, 2.24) is 9.29 Å². The second-order valence-electron chi connectivity index (χ2n) is 6.48.